The fourth-order valence-electron chi connectivity index (χ4n) is 3.37. The number of likely N-dealkylation sites (tertiary alicyclic amines) is 1. The first-order valence-corrected chi connectivity index (χ1v) is 9.51. The maximum absolute atomic E-state index is 12.4. The summed E-state index contributed by atoms with van der Waals surface area (Å²) in [5.74, 6) is -0.154. The quantitative estimate of drug-likeness (QED) is 0.572. The minimum Gasteiger partial charge on any atom is -0.367 e. The minimum atomic E-state index is -0.154. The summed E-state index contributed by atoms with van der Waals surface area (Å²) in [6.07, 6.45) is 3.73. The standard InChI is InChI=1S/C23H25N3O/c1-2-25(18-20-8-4-3-5-9-20)22-12-10-19(11-13-22)16-21(17-24)23(27)26-14-6-7-15-26/h3-5,8-13,16H,2,6-7,14-15,18H2,1H3/b21-16-. The summed E-state index contributed by atoms with van der Waals surface area (Å²) < 4.78 is 0. The molecule has 3 rings (SSSR count). The molecule has 138 valence electrons. The van der Waals surface area contributed by atoms with Gasteiger partial charge < -0.3 is 9.80 Å². The van der Waals surface area contributed by atoms with Crippen LogP contribution < -0.4 is 4.90 Å². The van der Waals surface area contributed by atoms with Crippen molar-refractivity contribution in [1.29, 1.82) is 5.26 Å². The maximum atomic E-state index is 12.4. The van der Waals surface area contributed by atoms with Gasteiger partial charge in [-0.25, -0.2) is 0 Å². The molecule has 27 heavy (non-hydrogen) atoms. The first-order chi connectivity index (χ1) is 13.2. The zero-order valence-corrected chi connectivity index (χ0v) is 15.8. The number of hydrogen-bond donors (Lipinski definition) is 0. The predicted octanol–water partition coefficient (Wildman–Crippen LogP) is 4.24. The van der Waals surface area contributed by atoms with Gasteiger partial charge in [0.25, 0.3) is 5.91 Å². The van der Waals surface area contributed by atoms with E-state index in [1.165, 1.54) is 5.56 Å². The third-order valence-electron chi connectivity index (χ3n) is 4.91. The summed E-state index contributed by atoms with van der Waals surface area (Å²) in [6, 6.07) is 20.5. The normalized spacial score (nSPS) is 14.1. The van der Waals surface area contributed by atoms with Crippen LogP contribution in [-0.4, -0.2) is 30.4 Å². The smallest absolute Gasteiger partial charge is 0.264 e. The van der Waals surface area contributed by atoms with E-state index in [0.717, 1.165) is 50.3 Å². The van der Waals surface area contributed by atoms with Crippen molar-refractivity contribution in [3.8, 4) is 6.07 Å². The molecule has 1 fully saturated rings. The topological polar surface area (TPSA) is 47.3 Å². The number of nitrogens with zero attached hydrogens (tertiary/aromatic N) is 3. The molecule has 1 saturated heterocycles. The number of nitriles is 1. The van der Waals surface area contributed by atoms with Crippen LogP contribution in [0.5, 0.6) is 0 Å². The Labute approximate surface area is 161 Å². The molecule has 1 heterocycles. The minimum absolute atomic E-state index is 0.154. The van der Waals surface area contributed by atoms with Crippen LogP contribution in [0.15, 0.2) is 60.2 Å². The van der Waals surface area contributed by atoms with E-state index in [2.05, 4.69) is 42.2 Å². The molecule has 0 aliphatic carbocycles. The van der Waals surface area contributed by atoms with Gasteiger partial charge in [0.05, 0.1) is 0 Å². The predicted molar refractivity (Wildman–Crippen MR) is 109 cm³/mol. The third kappa shape index (κ3) is 4.77. The number of amides is 1. The van der Waals surface area contributed by atoms with Crippen LogP contribution in [0.25, 0.3) is 6.08 Å². The van der Waals surface area contributed by atoms with Gasteiger partial charge in [-0.1, -0.05) is 42.5 Å². The summed E-state index contributed by atoms with van der Waals surface area (Å²) in [6.45, 7) is 5.40. The largest absolute Gasteiger partial charge is 0.367 e. The molecule has 4 nitrogen and oxygen atoms in total. The molecule has 0 radical (unpaired) electrons. The second kappa shape index (κ2) is 9.05. The van der Waals surface area contributed by atoms with Gasteiger partial charge >= 0.3 is 0 Å². The molecule has 2 aromatic carbocycles. The van der Waals surface area contributed by atoms with Crippen molar-refractivity contribution < 1.29 is 4.79 Å². The Bertz CT molecular complexity index is 828. The van der Waals surface area contributed by atoms with E-state index >= 15 is 0 Å². The molecule has 4 heteroatoms. The molecule has 2 aromatic rings. The number of benzene rings is 2. The molecule has 0 aromatic heterocycles. The van der Waals surface area contributed by atoms with Gasteiger partial charge in [-0.05, 0) is 49.1 Å². The lowest BCUT2D eigenvalue weighted by Crippen LogP contribution is -2.28. The molecule has 0 atom stereocenters. The molecule has 0 N–H and O–H groups in total. The fraction of sp³-hybridized carbons (Fsp3) is 0.304. The highest BCUT2D eigenvalue weighted by atomic mass is 16.2. The van der Waals surface area contributed by atoms with Gasteiger partial charge in [-0.15, -0.1) is 0 Å². The summed E-state index contributed by atoms with van der Waals surface area (Å²) in [5, 5.41) is 9.39. The van der Waals surface area contributed by atoms with Crippen LogP contribution in [-0.2, 0) is 11.3 Å². The lowest BCUT2D eigenvalue weighted by Gasteiger charge is -2.23. The second-order valence-corrected chi connectivity index (χ2v) is 6.76. The molecule has 1 aliphatic heterocycles. The van der Waals surface area contributed by atoms with Crippen LogP contribution in [0.2, 0.25) is 0 Å². The lowest BCUT2D eigenvalue weighted by atomic mass is 10.1. The Kier molecular flexibility index (Phi) is 6.27. The fourth-order valence-corrected chi connectivity index (χ4v) is 3.37. The van der Waals surface area contributed by atoms with Gasteiger partial charge in [0.1, 0.15) is 11.6 Å². The number of anilines is 1. The van der Waals surface area contributed by atoms with Crippen LogP contribution >= 0.6 is 0 Å². The lowest BCUT2D eigenvalue weighted by molar-refractivity contribution is -0.125. The van der Waals surface area contributed by atoms with E-state index in [0.29, 0.717) is 0 Å². The average Bonchev–Trinajstić information content (AvgIpc) is 3.26. The maximum Gasteiger partial charge on any atom is 0.264 e. The molecule has 0 bridgehead atoms. The third-order valence-corrected chi connectivity index (χ3v) is 4.91. The van der Waals surface area contributed by atoms with Crippen LogP contribution in [0.4, 0.5) is 5.69 Å². The zero-order valence-electron chi connectivity index (χ0n) is 15.8. The van der Waals surface area contributed by atoms with Crippen molar-refractivity contribution in [1.82, 2.24) is 4.90 Å². The van der Waals surface area contributed by atoms with Gasteiger partial charge in [-0.2, -0.15) is 5.26 Å². The number of carbonyl (C=O) groups is 1. The van der Waals surface area contributed by atoms with Crippen LogP contribution in [0.1, 0.15) is 30.9 Å². The molecule has 1 aliphatic rings. The number of carbonyl (C=O) groups excluding carboxylic acids is 1. The van der Waals surface area contributed by atoms with E-state index in [1.54, 1.807) is 11.0 Å². The van der Waals surface area contributed by atoms with E-state index in [9.17, 15) is 10.1 Å². The van der Waals surface area contributed by atoms with Crippen molar-refractivity contribution in [3.05, 3.63) is 71.3 Å². The van der Waals surface area contributed by atoms with Crippen molar-refractivity contribution in [2.75, 3.05) is 24.5 Å². The Morgan fingerprint density at radius 2 is 1.78 bits per heavy atom. The summed E-state index contributed by atoms with van der Waals surface area (Å²) in [4.78, 5) is 16.5. The second-order valence-electron chi connectivity index (χ2n) is 6.76. The summed E-state index contributed by atoms with van der Waals surface area (Å²) >= 11 is 0. The number of rotatable bonds is 6. The zero-order chi connectivity index (χ0) is 19.1. The molecule has 0 saturated carbocycles. The van der Waals surface area contributed by atoms with E-state index in [4.69, 9.17) is 0 Å². The van der Waals surface area contributed by atoms with Gasteiger partial charge in [0, 0.05) is 31.9 Å². The Hall–Kier alpha value is -3.06. The monoisotopic (exact) mass is 359 g/mol. The Morgan fingerprint density at radius 3 is 2.37 bits per heavy atom. The van der Waals surface area contributed by atoms with E-state index < -0.39 is 0 Å². The molecular weight excluding hydrogens is 334 g/mol. The molecular formula is C23H25N3O. The highest BCUT2D eigenvalue weighted by molar-refractivity contribution is 6.01. The molecule has 1 amide bonds. The van der Waals surface area contributed by atoms with Crippen molar-refractivity contribution in [3.63, 3.8) is 0 Å². The summed E-state index contributed by atoms with van der Waals surface area (Å²) in [7, 11) is 0. The Balaban J connectivity index is 1.73. The van der Waals surface area contributed by atoms with Crippen molar-refractivity contribution >= 4 is 17.7 Å². The van der Waals surface area contributed by atoms with Gasteiger partial charge in [-0.3, -0.25) is 4.79 Å². The first kappa shape index (κ1) is 18.7. The molecule has 0 spiro atoms. The van der Waals surface area contributed by atoms with Crippen molar-refractivity contribution in [2.24, 2.45) is 0 Å². The van der Waals surface area contributed by atoms with E-state index in [-0.39, 0.29) is 11.5 Å². The average molecular weight is 359 g/mol. The summed E-state index contributed by atoms with van der Waals surface area (Å²) in [5.41, 5.74) is 3.48. The van der Waals surface area contributed by atoms with E-state index in [1.807, 2.05) is 30.3 Å². The highest BCUT2D eigenvalue weighted by Gasteiger charge is 2.21. The van der Waals surface area contributed by atoms with Gasteiger partial charge in [0.2, 0.25) is 0 Å². The van der Waals surface area contributed by atoms with Gasteiger partial charge in [0.15, 0.2) is 0 Å². The number of hydrogen-bond acceptors (Lipinski definition) is 3. The van der Waals surface area contributed by atoms with Crippen LogP contribution in [0, 0.1) is 11.3 Å². The highest BCUT2D eigenvalue weighted by Crippen LogP contribution is 2.20. The SMILES string of the molecule is CCN(Cc1ccccc1)c1ccc(/C=C(/C#N)C(=O)N2CCCC2)cc1. The Morgan fingerprint density at radius 1 is 1.11 bits per heavy atom. The van der Waals surface area contributed by atoms with Crippen molar-refractivity contribution in [2.45, 2.75) is 26.3 Å². The molecule has 0 unspecified atom stereocenters. The van der Waals surface area contributed by atoms with Crippen LogP contribution in [0.3, 0.4) is 0 Å². The first-order valence-electron chi connectivity index (χ1n) is 9.51.